The number of ether oxygens (including phenoxy) is 1. The maximum Gasteiger partial charge on any atom is 0.262 e. The Morgan fingerprint density at radius 2 is 2.00 bits per heavy atom. The highest BCUT2D eigenvalue weighted by atomic mass is 16.5. The van der Waals surface area contributed by atoms with E-state index < -0.39 is 6.10 Å². The van der Waals surface area contributed by atoms with E-state index in [1.165, 1.54) is 6.08 Å². The zero-order valence-corrected chi connectivity index (χ0v) is 14.2. The number of benzene rings is 2. The number of rotatable bonds is 3. The highest BCUT2D eigenvalue weighted by Crippen LogP contribution is 2.33. The van der Waals surface area contributed by atoms with Gasteiger partial charge in [-0.1, -0.05) is 42.0 Å². The van der Waals surface area contributed by atoms with Gasteiger partial charge in [0.05, 0.1) is 12.2 Å². The van der Waals surface area contributed by atoms with Gasteiger partial charge in [-0.3, -0.25) is 9.59 Å². The number of hydrogen-bond donors (Lipinski definition) is 1. The smallest absolute Gasteiger partial charge is 0.262 e. The molecule has 1 aliphatic rings. The van der Waals surface area contributed by atoms with Crippen LogP contribution in [0.5, 0.6) is 5.75 Å². The van der Waals surface area contributed by atoms with Crippen molar-refractivity contribution in [2.24, 2.45) is 0 Å². The molecular weight excluding hydrogens is 316 g/mol. The van der Waals surface area contributed by atoms with E-state index in [-0.39, 0.29) is 18.4 Å². The molecule has 5 nitrogen and oxygen atoms in total. The Morgan fingerprint density at radius 3 is 2.76 bits per heavy atom. The number of hydrogen-bond acceptors (Lipinski definition) is 3. The van der Waals surface area contributed by atoms with Crippen LogP contribution < -0.4 is 15.0 Å². The van der Waals surface area contributed by atoms with Crippen LogP contribution in [0.25, 0.3) is 6.08 Å². The highest BCUT2D eigenvalue weighted by molar-refractivity contribution is 6.05. The fourth-order valence-corrected chi connectivity index (χ4v) is 2.77. The quantitative estimate of drug-likeness (QED) is 0.877. The molecule has 0 spiro atoms. The summed E-state index contributed by atoms with van der Waals surface area (Å²) in [6.45, 7) is 2.18. The van der Waals surface area contributed by atoms with Crippen molar-refractivity contribution in [1.82, 2.24) is 5.32 Å². The Morgan fingerprint density at radius 1 is 1.20 bits per heavy atom. The number of likely N-dealkylation sites (N-methyl/N-ethyl adjacent to an activating group) is 1. The van der Waals surface area contributed by atoms with E-state index in [2.05, 4.69) is 5.32 Å². The number of nitrogens with one attached hydrogen (secondary N) is 1. The van der Waals surface area contributed by atoms with Crippen LogP contribution in [0.15, 0.2) is 54.6 Å². The molecule has 0 fully saturated rings. The third-order valence-electron chi connectivity index (χ3n) is 4.04. The van der Waals surface area contributed by atoms with Crippen LogP contribution in [0, 0.1) is 6.92 Å². The molecule has 2 aromatic rings. The van der Waals surface area contributed by atoms with Gasteiger partial charge in [0.25, 0.3) is 11.8 Å². The molecule has 0 aliphatic carbocycles. The lowest BCUT2D eigenvalue weighted by atomic mass is 10.1. The van der Waals surface area contributed by atoms with Crippen LogP contribution in [0.4, 0.5) is 5.69 Å². The molecule has 5 heteroatoms. The molecule has 2 aromatic carbocycles. The molecule has 1 aliphatic heterocycles. The second-order valence-electron chi connectivity index (χ2n) is 5.88. The van der Waals surface area contributed by atoms with Gasteiger partial charge in [-0.2, -0.15) is 0 Å². The molecule has 128 valence electrons. The van der Waals surface area contributed by atoms with Crippen molar-refractivity contribution in [3.63, 3.8) is 0 Å². The van der Waals surface area contributed by atoms with Gasteiger partial charge >= 0.3 is 0 Å². The molecular formula is C20H20N2O3. The number of fused-ring (bicyclic) bond motifs is 1. The van der Waals surface area contributed by atoms with Crippen molar-refractivity contribution in [3.8, 4) is 5.75 Å². The third-order valence-corrected chi connectivity index (χ3v) is 4.04. The lowest BCUT2D eigenvalue weighted by Crippen LogP contribution is -2.49. The van der Waals surface area contributed by atoms with Crippen LogP contribution in [-0.4, -0.2) is 31.5 Å². The van der Waals surface area contributed by atoms with Crippen molar-refractivity contribution in [2.45, 2.75) is 13.0 Å². The number of carbonyl (C=O) groups excluding carboxylic acids is 2. The summed E-state index contributed by atoms with van der Waals surface area (Å²) in [7, 11) is 1.55. The number of para-hydroxylation sites is 2. The Bertz CT molecular complexity index is 829. The number of anilines is 1. The third kappa shape index (κ3) is 3.71. The fourth-order valence-electron chi connectivity index (χ4n) is 2.77. The molecule has 2 amide bonds. The largest absolute Gasteiger partial charge is 0.477 e. The second kappa shape index (κ2) is 7.21. The van der Waals surface area contributed by atoms with Gasteiger partial charge in [0.1, 0.15) is 5.75 Å². The summed E-state index contributed by atoms with van der Waals surface area (Å²) in [6.07, 6.45) is 2.58. The van der Waals surface area contributed by atoms with Crippen LogP contribution in [0.2, 0.25) is 0 Å². The van der Waals surface area contributed by atoms with Crippen LogP contribution in [0.3, 0.4) is 0 Å². The van der Waals surface area contributed by atoms with E-state index in [0.717, 1.165) is 11.1 Å². The molecule has 3 rings (SSSR count). The first-order chi connectivity index (χ1) is 12.1. The monoisotopic (exact) mass is 336 g/mol. The maximum atomic E-state index is 12.7. The van der Waals surface area contributed by atoms with Crippen molar-refractivity contribution in [1.29, 1.82) is 0 Å². The van der Waals surface area contributed by atoms with Gasteiger partial charge in [0.15, 0.2) is 6.10 Å². The lowest BCUT2D eigenvalue weighted by molar-refractivity contribution is -0.127. The molecule has 1 atom stereocenters. The number of nitrogens with zero attached hydrogens (tertiary/aromatic N) is 1. The topological polar surface area (TPSA) is 58.6 Å². The van der Waals surface area contributed by atoms with Crippen molar-refractivity contribution in [3.05, 3.63) is 65.7 Å². The minimum absolute atomic E-state index is 0.174. The van der Waals surface area contributed by atoms with Crippen molar-refractivity contribution < 1.29 is 14.3 Å². The van der Waals surface area contributed by atoms with Gasteiger partial charge in [0.2, 0.25) is 0 Å². The average Bonchev–Trinajstić information content (AvgIpc) is 2.64. The first kappa shape index (κ1) is 16.8. The Hall–Kier alpha value is -3.08. The molecule has 0 unspecified atom stereocenters. The maximum absolute atomic E-state index is 12.7. The lowest BCUT2D eigenvalue weighted by Gasteiger charge is -2.33. The Kier molecular flexibility index (Phi) is 4.84. The van der Waals surface area contributed by atoms with Crippen molar-refractivity contribution >= 4 is 23.6 Å². The average molecular weight is 336 g/mol. The zero-order valence-electron chi connectivity index (χ0n) is 14.2. The van der Waals surface area contributed by atoms with Gasteiger partial charge < -0.3 is 15.0 Å². The minimum Gasteiger partial charge on any atom is -0.477 e. The van der Waals surface area contributed by atoms with Gasteiger partial charge in [-0.15, -0.1) is 0 Å². The fraction of sp³-hybridized carbons (Fsp3) is 0.200. The first-order valence-electron chi connectivity index (χ1n) is 8.12. The number of aryl methyl sites for hydroxylation is 1. The van der Waals surface area contributed by atoms with E-state index in [4.69, 9.17) is 4.74 Å². The molecule has 1 heterocycles. The van der Waals surface area contributed by atoms with Crippen LogP contribution in [0.1, 0.15) is 11.1 Å². The normalized spacial score (nSPS) is 16.2. The summed E-state index contributed by atoms with van der Waals surface area (Å²) < 4.78 is 5.71. The van der Waals surface area contributed by atoms with E-state index in [1.807, 2.05) is 49.4 Å². The number of carbonyl (C=O) groups is 2. The predicted molar refractivity (Wildman–Crippen MR) is 97.5 cm³/mol. The van der Waals surface area contributed by atoms with Gasteiger partial charge in [-0.05, 0) is 30.7 Å². The summed E-state index contributed by atoms with van der Waals surface area (Å²) in [6, 6.07) is 15.1. The highest BCUT2D eigenvalue weighted by Gasteiger charge is 2.32. The molecule has 0 bridgehead atoms. The van der Waals surface area contributed by atoms with E-state index in [1.54, 1.807) is 24.1 Å². The summed E-state index contributed by atoms with van der Waals surface area (Å²) in [5.74, 6) is 0.0841. The van der Waals surface area contributed by atoms with Gasteiger partial charge in [-0.25, -0.2) is 0 Å². The Balaban J connectivity index is 1.86. The molecule has 0 radical (unpaired) electrons. The summed E-state index contributed by atoms with van der Waals surface area (Å²) >= 11 is 0. The summed E-state index contributed by atoms with van der Waals surface area (Å²) in [5.41, 5.74) is 2.75. The predicted octanol–water partition coefficient (Wildman–Crippen LogP) is 2.55. The standard InChI is InChI=1S/C20H20N2O3/c1-14-6-5-7-15(12-14)10-11-19(23)22-13-18(20(24)21-2)25-17-9-4-3-8-16(17)22/h3-12,18H,13H2,1-2H3,(H,21,24)/b11-10+/t18-/m0/s1. The van der Waals surface area contributed by atoms with Crippen LogP contribution >= 0.6 is 0 Å². The van der Waals surface area contributed by atoms with Crippen LogP contribution in [-0.2, 0) is 9.59 Å². The SMILES string of the molecule is CNC(=O)[C@@H]1CN(C(=O)/C=C/c2cccc(C)c2)c2ccccc2O1. The molecule has 25 heavy (non-hydrogen) atoms. The first-order valence-corrected chi connectivity index (χ1v) is 8.12. The summed E-state index contributed by atoms with van der Waals surface area (Å²) in [5, 5.41) is 2.57. The zero-order chi connectivity index (χ0) is 17.8. The molecule has 0 saturated heterocycles. The van der Waals surface area contributed by atoms with Gasteiger partial charge in [0, 0.05) is 13.1 Å². The molecule has 0 aromatic heterocycles. The number of amides is 2. The molecule has 1 N–H and O–H groups in total. The van der Waals surface area contributed by atoms with E-state index in [0.29, 0.717) is 11.4 Å². The summed E-state index contributed by atoms with van der Waals surface area (Å²) in [4.78, 5) is 26.3. The van der Waals surface area contributed by atoms with E-state index >= 15 is 0 Å². The minimum atomic E-state index is -0.726. The molecule has 0 saturated carbocycles. The van der Waals surface area contributed by atoms with E-state index in [9.17, 15) is 9.59 Å². The Labute approximate surface area is 146 Å². The second-order valence-corrected chi connectivity index (χ2v) is 5.88. The van der Waals surface area contributed by atoms with Crippen molar-refractivity contribution in [2.75, 3.05) is 18.5 Å².